The molecule has 1 aromatic carbocycles. The first-order chi connectivity index (χ1) is 10.1. The Labute approximate surface area is 128 Å². The maximum atomic E-state index is 12.4. The average molecular weight is 305 g/mol. The molecular weight excluding hydrogens is 288 g/mol. The molecule has 5 heteroatoms. The van der Waals surface area contributed by atoms with Gasteiger partial charge in [-0.05, 0) is 37.3 Å². The number of aliphatic hydroxyl groups is 1. The van der Waals surface area contributed by atoms with Crippen LogP contribution in [0.2, 0.25) is 5.15 Å². The minimum Gasteiger partial charge on any atom is -0.393 e. The molecule has 0 spiro atoms. The molecule has 1 saturated carbocycles. The van der Waals surface area contributed by atoms with Crippen molar-refractivity contribution in [1.29, 1.82) is 0 Å². The van der Waals surface area contributed by atoms with Crippen molar-refractivity contribution in [2.24, 2.45) is 5.92 Å². The van der Waals surface area contributed by atoms with Gasteiger partial charge in [-0.2, -0.15) is 0 Å². The van der Waals surface area contributed by atoms with Gasteiger partial charge in [0.05, 0.1) is 17.2 Å². The number of nitrogens with zero attached hydrogens (tertiary/aromatic N) is 1. The lowest BCUT2D eigenvalue weighted by molar-refractivity contribution is 0.0946. The van der Waals surface area contributed by atoms with Crippen molar-refractivity contribution in [3.63, 3.8) is 0 Å². The highest BCUT2D eigenvalue weighted by Crippen LogP contribution is 2.25. The zero-order valence-corrected chi connectivity index (χ0v) is 12.3. The van der Waals surface area contributed by atoms with Crippen LogP contribution in [0.25, 0.3) is 10.9 Å². The zero-order valence-electron chi connectivity index (χ0n) is 11.6. The number of aliphatic hydroxyl groups excluding tert-OH is 1. The molecule has 110 valence electrons. The fourth-order valence-electron chi connectivity index (χ4n) is 2.90. The molecule has 2 atom stereocenters. The lowest BCUT2D eigenvalue weighted by atomic mass is 10.1. The number of para-hydroxylation sites is 1. The highest BCUT2D eigenvalue weighted by molar-refractivity contribution is 6.30. The molecule has 2 N–H and O–H groups in total. The second-order valence-corrected chi connectivity index (χ2v) is 5.94. The number of fused-ring (bicyclic) bond motifs is 1. The largest absolute Gasteiger partial charge is 0.393 e. The minimum atomic E-state index is -0.219. The molecule has 1 aliphatic carbocycles. The molecule has 21 heavy (non-hydrogen) atoms. The Morgan fingerprint density at radius 3 is 2.95 bits per heavy atom. The van der Waals surface area contributed by atoms with E-state index in [9.17, 15) is 9.90 Å². The van der Waals surface area contributed by atoms with Crippen LogP contribution in [0, 0.1) is 5.92 Å². The number of benzene rings is 1. The van der Waals surface area contributed by atoms with Crippen molar-refractivity contribution in [1.82, 2.24) is 10.3 Å². The molecule has 1 aliphatic rings. The fourth-order valence-corrected chi connectivity index (χ4v) is 3.10. The molecular formula is C16H17ClN2O2. The molecule has 2 aromatic rings. The van der Waals surface area contributed by atoms with E-state index in [0.29, 0.717) is 28.7 Å². The molecule has 1 amide bonds. The Bertz CT molecular complexity index is 674. The van der Waals surface area contributed by atoms with Gasteiger partial charge >= 0.3 is 0 Å². The van der Waals surface area contributed by atoms with Gasteiger partial charge in [0.25, 0.3) is 5.91 Å². The van der Waals surface area contributed by atoms with Gasteiger partial charge in [0.2, 0.25) is 0 Å². The number of hydrogen-bond donors (Lipinski definition) is 2. The Balaban J connectivity index is 1.78. The van der Waals surface area contributed by atoms with E-state index in [4.69, 9.17) is 11.6 Å². The predicted molar refractivity (Wildman–Crippen MR) is 82.4 cm³/mol. The number of carbonyl (C=O) groups excluding carboxylic acids is 1. The summed E-state index contributed by atoms with van der Waals surface area (Å²) < 4.78 is 0. The van der Waals surface area contributed by atoms with Crippen molar-refractivity contribution in [2.45, 2.75) is 25.4 Å². The number of nitrogens with one attached hydrogen (secondary N) is 1. The van der Waals surface area contributed by atoms with Crippen LogP contribution in [0.15, 0.2) is 30.3 Å². The summed E-state index contributed by atoms with van der Waals surface area (Å²) in [5, 5.41) is 13.6. The van der Waals surface area contributed by atoms with E-state index in [-0.39, 0.29) is 12.0 Å². The number of amides is 1. The van der Waals surface area contributed by atoms with Gasteiger partial charge in [0.1, 0.15) is 5.15 Å². The molecule has 0 radical (unpaired) electrons. The lowest BCUT2D eigenvalue weighted by Crippen LogP contribution is -2.28. The topological polar surface area (TPSA) is 62.2 Å². The monoisotopic (exact) mass is 304 g/mol. The van der Waals surface area contributed by atoms with Gasteiger partial charge < -0.3 is 10.4 Å². The summed E-state index contributed by atoms with van der Waals surface area (Å²) in [5.74, 6) is 0.212. The van der Waals surface area contributed by atoms with E-state index in [2.05, 4.69) is 10.3 Å². The van der Waals surface area contributed by atoms with Crippen LogP contribution in [-0.4, -0.2) is 28.6 Å². The Kier molecular flexibility index (Phi) is 4.08. The molecule has 1 aromatic heterocycles. The summed E-state index contributed by atoms with van der Waals surface area (Å²) in [6, 6.07) is 9.05. The first-order valence-electron chi connectivity index (χ1n) is 7.15. The van der Waals surface area contributed by atoms with Gasteiger partial charge in [0.15, 0.2) is 0 Å². The first kappa shape index (κ1) is 14.3. The van der Waals surface area contributed by atoms with E-state index in [1.54, 1.807) is 6.07 Å². The maximum Gasteiger partial charge on any atom is 0.252 e. The highest BCUT2D eigenvalue weighted by atomic mass is 35.5. The predicted octanol–water partition coefficient (Wildman–Crippen LogP) is 2.78. The van der Waals surface area contributed by atoms with Gasteiger partial charge in [-0.1, -0.05) is 29.8 Å². The Hall–Kier alpha value is -1.65. The van der Waals surface area contributed by atoms with Crippen LogP contribution in [0.1, 0.15) is 29.6 Å². The van der Waals surface area contributed by atoms with E-state index in [0.717, 1.165) is 24.6 Å². The summed E-state index contributed by atoms with van der Waals surface area (Å²) in [7, 11) is 0. The number of rotatable bonds is 3. The molecule has 1 fully saturated rings. The first-order valence-corrected chi connectivity index (χ1v) is 7.53. The van der Waals surface area contributed by atoms with Crippen molar-refractivity contribution in [3.8, 4) is 0 Å². The average Bonchev–Trinajstić information content (AvgIpc) is 2.89. The number of pyridine rings is 1. The van der Waals surface area contributed by atoms with Gasteiger partial charge in [0, 0.05) is 11.9 Å². The normalized spacial score (nSPS) is 21.6. The van der Waals surface area contributed by atoms with Crippen LogP contribution in [0.3, 0.4) is 0 Å². The molecule has 1 heterocycles. The van der Waals surface area contributed by atoms with E-state index < -0.39 is 0 Å². The van der Waals surface area contributed by atoms with Crippen LogP contribution in [0.5, 0.6) is 0 Å². The van der Waals surface area contributed by atoms with E-state index in [1.165, 1.54) is 0 Å². The minimum absolute atomic E-state index is 0.142. The zero-order chi connectivity index (χ0) is 14.8. The quantitative estimate of drug-likeness (QED) is 0.857. The van der Waals surface area contributed by atoms with Crippen molar-refractivity contribution < 1.29 is 9.90 Å². The summed E-state index contributed by atoms with van der Waals surface area (Å²) >= 11 is 5.99. The summed E-state index contributed by atoms with van der Waals surface area (Å²) in [5.41, 5.74) is 1.26. The number of aromatic nitrogens is 1. The number of hydrogen-bond acceptors (Lipinski definition) is 3. The summed E-state index contributed by atoms with van der Waals surface area (Å²) in [4.78, 5) is 16.6. The molecule has 0 bridgehead atoms. The van der Waals surface area contributed by atoms with Gasteiger partial charge in [-0.15, -0.1) is 0 Å². The highest BCUT2D eigenvalue weighted by Gasteiger charge is 2.23. The van der Waals surface area contributed by atoms with Crippen molar-refractivity contribution >= 4 is 28.4 Å². The van der Waals surface area contributed by atoms with Crippen LogP contribution in [0.4, 0.5) is 0 Å². The van der Waals surface area contributed by atoms with Crippen LogP contribution < -0.4 is 5.32 Å². The summed E-state index contributed by atoms with van der Waals surface area (Å²) in [6.45, 7) is 0.587. The van der Waals surface area contributed by atoms with E-state index in [1.807, 2.05) is 24.3 Å². The Morgan fingerprint density at radius 2 is 2.19 bits per heavy atom. The molecule has 0 aliphatic heterocycles. The molecule has 2 unspecified atom stereocenters. The van der Waals surface area contributed by atoms with Gasteiger partial charge in [-0.3, -0.25) is 4.79 Å². The molecule has 3 rings (SSSR count). The summed E-state index contributed by atoms with van der Waals surface area (Å²) in [6.07, 6.45) is 2.32. The molecule has 0 saturated heterocycles. The fraction of sp³-hybridized carbons (Fsp3) is 0.375. The maximum absolute atomic E-state index is 12.4. The van der Waals surface area contributed by atoms with Crippen molar-refractivity contribution in [3.05, 3.63) is 41.0 Å². The Morgan fingerprint density at radius 1 is 1.38 bits per heavy atom. The van der Waals surface area contributed by atoms with Gasteiger partial charge in [-0.25, -0.2) is 4.98 Å². The third-order valence-corrected chi connectivity index (χ3v) is 4.19. The SMILES string of the molecule is O=C(NCC1CCC(O)C1)c1cc(Cl)nc2ccccc12. The lowest BCUT2D eigenvalue weighted by Gasteiger charge is -2.12. The third kappa shape index (κ3) is 3.17. The van der Waals surface area contributed by atoms with E-state index >= 15 is 0 Å². The number of carbonyl (C=O) groups is 1. The number of halogens is 1. The second-order valence-electron chi connectivity index (χ2n) is 5.55. The third-order valence-electron chi connectivity index (χ3n) is 3.99. The van der Waals surface area contributed by atoms with Crippen molar-refractivity contribution in [2.75, 3.05) is 6.54 Å². The van der Waals surface area contributed by atoms with Crippen LogP contribution in [-0.2, 0) is 0 Å². The standard InChI is InChI=1S/C16H17ClN2O2/c17-15-8-13(12-3-1-2-4-14(12)19-15)16(21)18-9-10-5-6-11(20)7-10/h1-4,8,10-11,20H,5-7,9H2,(H,18,21). The second kappa shape index (κ2) is 6.00. The smallest absolute Gasteiger partial charge is 0.252 e. The van der Waals surface area contributed by atoms with Crippen LogP contribution >= 0.6 is 11.6 Å². The molecule has 4 nitrogen and oxygen atoms in total.